The summed E-state index contributed by atoms with van der Waals surface area (Å²) in [5, 5.41) is 10.5. The van der Waals surface area contributed by atoms with Gasteiger partial charge in [-0.25, -0.2) is 17.6 Å². The van der Waals surface area contributed by atoms with E-state index < -0.39 is 58.5 Å². The summed E-state index contributed by atoms with van der Waals surface area (Å²) in [5.74, 6) is -2.17. The van der Waals surface area contributed by atoms with E-state index in [1.165, 1.54) is 28.4 Å². The van der Waals surface area contributed by atoms with Gasteiger partial charge in [0.15, 0.2) is 0 Å². The first-order valence-electron chi connectivity index (χ1n) is 16.7. The molecule has 49 heavy (non-hydrogen) atoms. The molecule has 5 N–H and O–H groups in total. The minimum absolute atomic E-state index is 0.110. The lowest BCUT2D eigenvalue weighted by molar-refractivity contribution is -0.124. The van der Waals surface area contributed by atoms with Crippen molar-refractivity contribution in [3.05, 3.63) is 95.8 Å². The maximum Gasteiger partial charge on any atom is 0.410 e. The highest BCUT2D eigenvalue weighted by Gasteiger charge is 2.42. The van der Waals surface area contributed by atoms with Gasteiger partial charge in [0.25, 0.3) is 0 Å². The summed E-state index contributed by atoms with van der Waals surface area (Å²) in [6, 6.07) is 19.6. The van der Waals surface area contributed by atoms with Gasteiger partial charge in [-0.05, 0) is 66.8 Å². The van der Waals surface area contributed by atoms with Crippen molar-refractivity contribution in [3.8, 4) is 0 Å². The summed E-state index contributed by atoms with van der Waals surface area (Å²) in [6.45, 7) is 7.41. The number of nitrogen functional groups attached to an aromatic ring is 1. The quantitative estimate of drug-likeness (QED) is 0.143. The number of ether oxygens (including phenoxy) is 1. The molecule has 0 aromatic heterocycles. The Hall–Kier alpha value is -4.00. The summed E-state index contributed by atoms with van der Waals surface area (Å²) in [7, 11) is -2.96. The molecule has 3 aromatic carbocycles. The summed E-state index contributed by atoms with van der Waals surface area (Å²) in [4.78, 5) is 28.3. The molecule has 0 bridgehead atoms. The van der Waals surface area contributed by atoms with Gasteiger partial charge in [0, 0.05) is 24.5 Å². The fourth-order valence-corrected chi connectivity index (χ4v) is 7.94. The largest absolute Gasteiger partial charge is 0.453 e. The fraction of sp³-hybridized carbons (Fsp3) is 0.459. The number of primary amides is 1. The van der Waals surface area contributed by atoms with Gasteiger partial charge in [-0.2, -0.15) is 4.31 Å². The number of anilines is 1. The van der Waals surface area contributed by atoms with E-state index >= 15 is 0 Å². The van der Waals surface area contributed by atoms with E-state index in [9.17, 15) is 27.5 Å². The monoisotopic (exact) mass is 698 g/mol. The molecule has 0 aliphatic carbocycles. The maximum atomic E-state index is 14.4. The molecule has 0 saturated carbocycles. The molecule has 3 aromatic rings. The van der Waals surface area contributed by atoms with Crippen LogP contribution in [0.25, 0.3) is 0 Å². The number of aliphatic hydroxyl groups is 1. The zero-order valence-corrected chi connectivity index (χ0v) is 29.9. The predicted molar refractivity (Wildman–Crippen MR) is 189 cm³/mol. The second-order valence-electron chi connectivity index (χ2n) is 13.1. The zero-order chi connectivity index (χ0) is 36.3. The minimum Gasteiger partial charge on any atom is -0.453 e. The van der Waals surface area contributed by atoms with E-state index in [0.717, 1.165) is 17.2 Å². The number of amides is 2. The van der Waals surface area contributed by atoms with E-state index in [0.29, 0.717) is 19.3 Å². The number of methoxy groups -OCH3 is 1. The van der Waals surface area contributed by atoms with Gasteiger partial charge in [0.2, 0.25) is 15.9 Å². The number of carbonyl (C=O) groups excluding carboxylic acids is 2. The number of benzene rings is 3. The Morgan fingerprint density at radius 1 is 0.898 bits per heavy atom. The van der Waals surface area contributed by atoms with Gasteiger partial charge >= 0.3 is 6.09 Å². The Kier molecular flexibility index (Phi) is 14.6. The van der Waals surface area contributed by atoms with Crippen LogP contribution in [-0.2, 0) is 19.6 Å². The van der Waals surface area contributed by atoms with Crippen molar-refractivity contribution >= 4 is 27.7 Å². The third-order valence-corrected chi connectivity index (χ3v) is 10.8. The first-order chi connectivity index (χ1) is 23.2. The van der Waals surface area contributed by atoms with Crippen LogP contribution >= 0.6 is 0 Å². The summed E-state index contributed by atoms with van der Waals surface area (Å²) < 4.78 is 48.6. The number of aliphatic hydroxyl groups excluding tert-OH is 1. The zero-order valence-electron chi connectivity index (χ0n) is 29.0. The lowest BCUT2D eigenvalue weighted by Gasteiger charge is -2.41. The second kappa shape index (κ2) is 18.1. The molecule has 1 unspecified atom stereocenters. The molecule has 3 rings (SSSR count). The number of hydrogen-bond donors (Lipinski definition) is 3. The molecular formula is C37H51FN4O6S. The molecule has 0 heterocycles. The van der Waals surface area contributed by atoms with Crippen LogP contribution in [0.15, 0.2) is 83.8 Å². The molecule has 10 nitrogen and oxygen atoms in total. The molecule has 0 radical (unpaired) electrons. The van der Waals surface area contributed by atoms with Crippen molar-refractivity contribution < 1.29 is 32.2 Å². The van der Waals surface area contributed by atoms with Gasteiger partial charge in [-0.15, -0.1) is 0 Å². The third kappa shape index (κ3) is 10.0. The van der Waals surface area contributed by atoms with Crippen molar-refractivity contribution in [1.82, 2.24) is 9.21 Å². The highest BCUT2D eigenvalue weighted by molar-refractivity contribution is 7.89. The lowest BCUT2D eigenvalue weighted by atomic mass is 9.82. The molecular weight excluding hydrogens is 647 g/mol. The SMILES string of the molecule is COC(=O)N(C(CCC[C@@H](CO)N(CCC(C)C)S(=O)(=O)c1ccc(N)c(F)c1)C(C)C)[C@H](C(N)=O)C(c1ccccc1)c1ccccc1. The fourth-order valence-electron chi connectivity index (χ4n) is 6.27. The maximum absolute atomic E-state index is 14.4. The molecule has 12 heteroatoms. The molecule has 0 aliphatic rings. The van der Waals surface area contributed by atoms with E-state index in [2.05, 4.69) is 0 Å². The highest BCUT2D eigenvalue weighted by atomic mass is 32.2. The van der Waals surface area contributed by atoms with Crippen molar-refractivity contribution in [3.63, 3.8) is 0 Å². The Morgan fingerprint density at radius 3 is 1.92 bits per heavy atom. The topological polar surface area (TPSA) is 156 Å². The lowest BCUT2D eigenvalue weighted by Crippen LogP contribution is -2.57. The van der Waals surface area contributed by atoms with Gasteiger partial charge < -0.3 is 21.3 Å². The molecule has 268 valence electrons. The Morgan fingerprint density at radius 2 is 1.47 bits per heavy atom. The van der Waals surface area contributed by atoms with E-state index in [-0.39, 0.29) is 35.4 Å². The van der Waals surface area contributed by atoms with Crippen LogP contribution < -0.4 is 11.5 Å². The number of hydrogen-bond acceptors (Lipinski definition) is 7. The number of sulfonamides is 1. The van der Waals surface area contributed by atoms with Crippen LogP contribution in [0, 0.1) is 17.7 Å². The average molecular weight is 699 g/mol. The van der Waals surface area contributed by atoms with E-state index in [1.807, 2.05) is 88.4 Å². The van der Waals surface area contributed by atoms with Crippen LogP contribution in [0.4, 0.5) is 14.9 Å². The first-order valence-corrected chi connectivity index (χ1v) is 18.1. The standard InChI is InChI=1S/C37H51FN4O6S/c1-25(2)21-22-41(49(46,47)30-19-20-32(39)31(38)23-30)29(24-43)17-12-18-33(26(3)4)42(37(45)48-5)35(36(40)44)34(27-13-8-6-9-14-27)28-15-10-7-11-16-28/h6-11,13-16,19-20,23,25-26,29,33-35,43H,12,17-18,21-22,24,39H2,1-5H3,(H2,40,44)/t29-,33?,35-/m0/s1. The summed E-state index contributed by atoms with van der Waals surface area (Å²) in [5.41, 5.74) is 13.1. The van der Waals surface area contributed by atoms with Gasteiger partial charge in [-0.3, -0.25) is 9.69 Å². The van der Waals surface area contributed by atoms with Gasteiger partial charge in [0.05, 0.1) is 24.3 Å². The van der Waals surface area contributed by atoms with Crippen LogP contribution in [0.3, 0.4) is 0 Å². The molecule has 3 atom stereocenters. The summed E-state index contributed by atoms with van der Waals surface area (Å²) in [6.07, 6.45) is 0.741. The van der Waals surface area contributed by atoms with Crippen molar-refractivity contribution in [2.24, 2.45) is 17.6 Å². The predicted octanol–water partition coefficient (Wildman–Crippen LogP) is 5.75. The number of carbonyl (C=O) groups is 2. The molecule has 0 aliphatic heterocycles. The molecule has 0 spiro atoms. The van der Waals surface area contributed by atoms with Crippen LogP contribution in [0.5, 0.6) is 0 Å². The first kappa shape index (κ1) is 39.4. The van der Waals surface area contributed by atoms with Crippen LogP contribution in [-0.4, -0.2) is 73.1 Å². The number of nitrogens with zero attached hydrogens (tertiary/aromatic N) is 2. The highest BCUT2D eigenvalue weighted by Crippen LogP contribution is 2.35. The van der Waals surface area contributed by atoms with E-state index in [1.54, 1.807) is 0 Å². The van der Waals surface area contributed by atoms with Crippen LogP contribution in [0.2, 0.25) is 0 Å². The Labute approximate surface area is 290 Å². The minimum atomic E-state index is -4.21. The second-order valence-corrected chi connectivity index (χ2v) is 15.0. The number of rotatable bonds is 18. The smallest absolute Gasteiger partial charge is 0.410 e. The van der Waals surface area contributed by atoms with Gasteiger partial charge in [-0.1, -0.05) is 88.4 Å². The van der Waals surface area contributed by atoms with Crippen molar-refractivity contribution in [1.29, 1.82) is 0 Å². The average Bonchev–Trinajstić information content (AvgIpc) is 3.07. The Balaban J connectivity index is 1.99. The number of halogens is 1. The Bertz CT molecular complexity index is 1570. The van der Waals surface area contributed by atoms with Crippen LogP contribution in [0.1, 0.15) is 70.4 Å². The third-order valence-electron chi connectivity index (χ3n) is 8.90. The van der Waals surface area contributed by atoms with Gasteiger partial charge in [0.1, 0.15) is 11.9 Å². The summed E-state index contributed by atoms with van der Waals surface area (Å²) >= 11 is 0. The van der Waals surface area contributed by atoms with Crippen molar-refractivity contribution in [2.45, 2.75) is 82.3 Å². The molecule has 0 fully saturated rings. The normalized spacial score (nSPS) is 13.9. The van der Waals surface area contributed by atoms with Crippen molar-refractivity contribution in [2.75, 3.05) is 26.0 Å². The molecule has 2 amide bonds. The van der Waals surface area contributed by atoms with E-state index in [4.69, 9.17) is 16.2 Å². The molecule has 0 saturated heterocycles. The number of nitrogens with two attached hydrogens (primary N) is 2.